The fourth-order valence-electron chi connectivity index (χ4n) is 1.77. The van der Waals surface area contributed by atoms with Crippen molar-refractivity contribution in [2.45, 2.75) is 46.0 Å². The third kappa shape index (κ3) is 5.49. The Morgan fingerprint density at radius 2 is 1.83 bits per heavy atom. The molecule has 0 spiro atoms. The summed E-state index contributed by atoms with van der Waals surface area (Å²) in [5.74, 6) is -0.925. The van der Waals surface area contributed by atoms with E-state index in [1.54, 1.807) is 7.11 Å². The molecule has 0 bridgehead atoms. The predicted octanol–water partition coefficient (Wildman–Crippen LogP) is 1.81. The zero-order valence-electron chi connectivity index (χ0n) is 11.6. The van der Waals surface area contributed by atoms with Gasteiger partial charge in [-0.1, -0.05) is 13.8 Å². The molecule has 0 aliphatic carbocycles. The lowest BCUT2D eigenvalue weighted by Crippen LogP contribution is -2.42. The summed E-state index contributed by atoms with van der Waals surface area (Å²) in [6.45, 7) is 4.53. The third-order valence-electron chi connectivity index (χ3n) is 3.43. The van der Waals surface area contributed by atoms with Gasteiger partial charge < -0.3 is 15.2 Å². The van der Waals surface area contributed by atoms with Gasteiger partial charge in [-0.3, -0.25) is 9.59 Å². The minimum atomic E-state index is -0.841. The number of hydrogen-bond donors (Lipinski definition) is 2. The molecule has 5 nitrogen and oxygen atoms in total. The second-order valence-electron chi connectivity index (χ2n) is 4.52. The highest BCUT2D eigenvalue weighted by atomic mass is 16.5. The topological polar surface area (TPSA) is 75.6 Å². The zero-order chi connectivity index (χ0) is 14.0. The highest BCUT2D eigenvalue weighted by Crippen LogP contribution is 2.25. The molecule has 0 aliphatic heterocycles. The van der Waals surface area contributed by atoms with E-state index in [9.17, 15) is 14.7 Å². The average molecular weight is 259 g/mol. The average Bonchev–Trinajstić information content (AvgIpc) is 2.36. The van der Waals surface area contributed by atoms with Crippen molar-refractivity contribution in [3.63, 3.8) is 0 Å². The molecule has 5 heteroatoms. The van der Waals surface area contributed by atoms with Crippen molar-refractivity contribution in [3.8, 4) is 0 Å². The number of unbranched alkanes of at least 4 members (excludes halogenated alkanes) is 1. The molecule has 0 radical (unpaired) electrons. The quantitative estimate of drug-likeness (QED) is 0.587. The summed E-state index contributed by atoms with van der Waals surface area (Å²) < 4.78 is 4.89. The minimum absolute atomic E-state index is 0.0846. The molecule has 18 heavy (non-hydrogen) atoms. The summed E-state index contributed by atoms with van der Waals surface area (Å²) in [6, 6.07) is 0. The maximum atomic E-state index is 11.6. The number of aliphatic carboxylic acids is 1. The number of amides is 1. The number of carboxylic acid groups (broad SMARTS) is 1. The van der Waals surface area contributed by atoms with Gasteiger partial charge in [0.1, 0.15) is 0 Å². The number of carbonyl (C=O) groups is 2. The lowest BCUT2D eigenvalue weighted by atomic mass is 9.82. The van der Waals surface area contributed by atoms with Crippen LogP contribution in [-0.4, -0.2) is 37.2 Å². The Kier molecular flexibility index (Phi) is 8.37. The number of carbonyl (C=O) groups excluding carboxylic acids is 1. The van der Waals surface area contributed by atoms with E-state index in [-0.39, 0.29) is 12.5 Å². The Labute approximate surface area is 109 Å². The number of nitrogens with one attached hydrogen (secondary N) is 1. The van der Waals surface area contributed by atoms with Gasteiger partial charge in [0.2, 0.25) is 5.91 Å². The summed E-state index contributed by atoms with van der Waals surface area (Å²) in [7, 11) is 1.63. The van der Waals surface area contributed by atoms with Crippen LogP contribution in [0.3, 0.4) is 0 Å². The van der Waals surface area contributed by atoms with Gasteiger partial charge >= 0.3 is 5.97 Å². The van der Waals surface area contributed by atoms with Crippen LogP contribution in [0, 0.1) is 5.41 Å². The van der Waals surface area contributed by atoms with Crippen molar-refractivity contribution in [2.75, 3.05) is 20.3 Å². The standard InChI is InChI=1S/C13H25NO4/c1-4-13(5-2,12(16)17)10-14-11(15)8-6-7-9-18-3/h4-10H2,1-3H3,(H,14,15)(H,16,17). The van der Waals surface area contributed by atoms with E-state index < -0.39 is 11.4 Å². The van der Waals surface area contributed by atoms with Crippen molar-refractivity contribution in [3.05, 3.63) is 0 Å². The molecular weight excluding hydrogens is 234 g/mol. The number of ether oxygens (including phenoxy) is 1. The molecule has 0 saturated heterocycles. The van der Waals surface area contributed by atoms with E-state index in [2.05, 4.69) is 5.32 Å². The Morgan fingerprint density at radius 3 is 2.28 bits per heavy atom. The molecule has 0 aromatic carbocycles. The second-order valence-corrected chi connectivity index (χ2v) is 4.52. The predicted molar refractivity (Wildman–Crippen MR) is 69.4 cm³/mol. The summed E-state index contributed by atoms with van der Waals surface area (Å²) in [4.78, 5) is 22.8. The van der Waals surface area contributed by atoms with Crippen molar-refractivity contribution < 1.29 is 19.4 Å². The first kappa shape index (κ1) is 16.9. The first-order valence-corrected chi connectivity index (χ1v) is 6.51. The van der Waals surface area contributed by atoms with Crippen molar-refractivity contribution in [1.82, 2.24) is 5.32 Å². The Morgan fingerprint density at radius 1 is 1.22 bits per heavy atom. The van der Waals surface area contributed by atoms with E-state index in [0.29, 0.717) is 25.9 Å². The van der Waals surface area contributed by atoms with Gasteiger partial charge in [0, 0.05) is 26.7 Å². The molecule has 0 aromatic heterocycles. The fraction of sp³-hybridized carbons (Fsp3) is 0.846. The van der Waals surface area contributed by atoms with Crippen LogP contribution < -0.4 is 5.32 Å². The molecule has 106 valence electrons. The molecule has 1 amide bonds. The van der Waals surface area contributed by atoms with Crippen LogP contribution in [-0.2, 0) is 14.3 Å². The maximum Gasteiger partial charge on any atom is 0.311 e. The Balaban J connectivity index is 4.04. The monoisotopic (exact) mass is 259 g/mol. The number of methoxy groups -OCH3 is 1. The van der Waals surface area contributed by atoms with Gasteiger partial charge in [0.15, 0.2) is 0 Å². The third-order valence-corrected chi connectivity index (χ3v) is 3.43. The van der Waals surface area contributed by atoms with Crippen LogP contribution in [0.1, 0.15) is 46.0 Å². The molecule has 0 unspecified atom stereocenters. The molecule has 0 atom stereocenters. The Hall–Kier alpha value is -1.10. The first-order chi connectivity index (χ1) is 8.52. The lowest BCUT2D eigenvalue weighted by molar-refractivity contribution is -0.149. The summed E-state index contributed by atoms with van der Waals surface area (Å²) >= 11 is 0. The number of carboxylic acids is 1. The van der Waals surface area contributed by atoms with Gasteiger partial charge in [-0.05, 0) is 25.7 Å². The Bertz CT molecular complexity index is 262. The maximum absolute atomic E-state index is 11.6. The highest BCUT2D eigenvalue weighted by molar-refractivity contribution is 5.79. The molecule has 0 aromatic rings. The summed E-state index contributed by atoms with van der Waals surface area (Å²) in [6.07, 6.45) is 3.06. The van der Waals surface area contributed by atoms with E-state index in [1.165, 1.54) is 0 Å². The van der Waals surface area contributed by atoms with Gasteiger partial charge in [0.05, 0.1) is 5.41 Å². The molecule has 0 rings (SSSR count). The van der Waals surface area contributed by atoms with Crippen molar-refractivity contribution in [2.24, 2.45) is 5.41 Å². The van der Waals surface area contributed by atoms with Crippen LogP contribution in [0.15, 0.2) is 0 Å². The van der Waals surface area contributed by atoms with Crippen molar-refractivity contribution in [1.29, 1.82) is 0 Å². The molecule has 0 aliphatic rings. The minimum Gasteiger partial charge on any atom is -0.481 e. The van der Waals surface area contributed by atoms with E-state index >= 15 is 0 Å². The number of rotatable bonds is 10. The zero-order valence-corrected chi connectivity index (χ0v) is 11.6. The molecular formula is C13H25NO4. The van der Waals surface area contributed by atoms with E-state index in [1.807, 2.05) is 13.8 Å². The van der Waals surface area contributed by atoms with Crippen LogP contribution in [0.2, 0.25) is 0 Å². The first-order valence-electron chi connectivity index (χ1n) is 6.51. The van der Waals surface area contributed by atoms with Crippen LogP contribution in [0.25, 0.3) is 0 Å². The van der Waals surface area contributed by atoms with Crippen LogP contribution in [0.4, 0.5) is 0 Å². The summed E-state index contributed by atoms with van der Waals surface area (Å²) in [5, 5.41) is 11.9. The second kappa shape index (κ2) is 8.91. The lowest BCUT2D eigenvalue weighted by Gasteiger charge is -2.26. The molecule has 2 N–H and O–H groups in total. The van der Waals surface area contributed by atoms with E-state index in [0.717, 1.165) is 12.8 Å². The van der Waals surface area contributed by atoms with Crippen LogP contribution in [0.5, 0.6) is 0 Å². The number of hydrogen-bond acceptors (Lipinski definition) is 3. The SMILES string of the molecule is CCC(CC)(CNC(=O)CCCCOC)C(=O)O. The fourth-order valence-corrected chi connectivity index (χ4v) is 1.77. The van der Waals surface area contributed by atoms with Crippen molar-refractivity contribution >= 4 is 11.9 Å². The smallest absolute Gasteiger partial charge is 0.311 e. The molecule has 0 heterocycles. The van der Waals surface area contributed by atoms with Gasteiger partial charge in [-0.25, -0.2) is 0 Å². The molecule has 0 saturated carbocycles. The van der Waals surface area contributed by atoms with Gasteiger partial charge in [0.25, 0.3) is 0 Å². The van der Waals surface area contributed by atoms with Crippen LogP contribution >= 0.6 is 0 Å². The van der Waals surface area contributed by atoms with Gasteiger partial charge in [-0.15, -0.1) is 0 Å². The molecule has 0 fully saturated rings. The van der Waals surface area contributed by atoms with Gasteiger partial charge in [-0.2, -0.15) is 0 Å². The summed E-state index contributed by atoms with van der Waals surface area (Å²) in [5.41, 5.74) is -0.831. The van der Waals surface area contributed by atoms with E-state index in [4.69, 9.17) is 4.74 Å². The highest BCUT2D eigenvalue weighted by Gasteiger charge is 2.34. The normalized spacial score (nSPS) is 11.3. The largest absolute Gasteiger partial charge is 0.481 e.